The minimum absolute atomic E-state index is 0.00238. The third-order valence-electron chi connectivity index (χ3n) is 8.02. The van der Waals surface area contributed by atoms with E-state index in [9.17, 15) is 14.4 Å². The van der Waals surface area contributed by atoms with E-state index in [-0.39, 0.29) is 25.8 Å². The number of ether oxygens (including phenoxy) is 8. The number of rotatable bonds is 39. The van der Waals surface area contributed by atoms with E-state index in [0.29, 0.717) is 84.7 Å². The standard InChI is InChI=1S/C40H68O11/c1-2-3-4-5-6-7-8-9-10-11-12-13-14-15-19-22-38(41)50-35-33-48-31-29-46-27-25-44-23-24-45-26-28-47-30-32-49-34-36-51-40(43)39(42)37-20-17-16-18-21-37/h16-18,20-21H,2-15,19,22-36H2,1H3. The number of carbonyl (C=O) groups excluding carboxylic acids is 3. The fourth-order valence-electron chi connectivity index (χ4n) is 5.10. The molecule has 0 saturated carbocycles. The average molecular weight is 725 g/mol. The number of esters is 2. The molecule has 0 amide bonds. The molecule has 1 rings (SSSR count). The zero-order valence-corrected chi connectivity index (χ0v) is 31.6. The van der Waals surface area contributed by atoms with Gasteiger partial charge in [0.15, 0.2) is 0 Å². The largest absolute Gasteiger partial charge is 0.463 e. The highest BCUT2D eigenvalue weighted by Gasteiger charge is 2.17. The monoisotopic (exact) mass is 724 g/mol. The quantitative estimate of drug-likeness (QED) is 0.0294. The fourth-order valence-corrected chi connectivity index (χ4v) is 5.10. The summed E-state index contributed by atoms with van der Waals surface area (Å²) in [6, 6.07) is 8.27. The first-order chi connectivity index (χ1) is 25.1. The van der Waals surface area contributed by atoms with Gasteiger partial charge in [-0.25, -0.2) is 4.79 Å². The van der Waals surface area contributed by atoms with E-state index in [1.165, 1.54) is 83.5 Å². The van der Waals surface area contributed by atoms with Crippen LogP contribution in [-0.2, 0) is 47.5 Å². The van der Waals surface area contributed by atoms with Crippen LogP contribution in [0.5, 0.6) is 0 Å². The smallest absolute Gasteiger partial charge is 0.379 e. The molecular weight excluding hydrogens is 656 g/mol. The Morgan fingerprint density at radius 2 is 0.745 bits per heavy atom. The Morgan fingerprint density at radius 3 is 1.14 bits per heavy atom. The summed E-state index contributed by atoms with van der Waals surface area (Å²) < 4.78 is 42.8. The summed E-state index contributed by atoms with van der Waals surface area (Å²) in [6.45, 7) is 7.39. The summed E-state index contributed by atoms with van der Waals surface area (Å²) in [6.07, 6.45) is 20.1. The maximum atomic E-state index is 11.9. The molecule has 0 radical (unpaired) electrons. The minimum Gasteiger partial charge on any atom is -0.463 e. The van der Waals surface area contributed by atoms with Gasteiger partial charge in [0.05, 0.1) is 79.3 Å². The van der Waals surface area contributed by atoms with E-state index in [2.05, 4.69) is 6.92 Å². The second-order valence-electron chi connectivity index (χ2n) is 12.4. The molecule has 0 bridgehead atoms. The predicted octanol–water partition coefficient (Wildman–Crippen LogP) is 7.32. The molecule has 0 spiro atoms. The predicted molar refractivity (Wildman–Crippen MR) is 197 cm³/mol. The first-order valence-electron chi connectivity index (χ1n) is 19.5. The van der Waals surface area contributed by atoms with Gasteiger partial charge in [-0.1, -0.05) is 127 Å². The number of hydrogen-bond donors (Lipinski definition) is 0. The number of hydrogen-bond acceptors (Lipinski definition) is 11. The van der Waals surface area contributed by atoms with E-state index in [0.717, 1.165) is 12.8 Å². The summed E-state index contributed by atoms with van der Waals surface area (Å²) in [5, 5.41) is 0. The molecule has 1 aromatic carbocycles. The molecule has 0 saturated heterocycles. The minimum atomic E-state index is -0.896. The topological polar surface area (TPSA) is 125 Å². The van der Waals surface area contributed by atoms with Gasteiger partial charge in [-0.15, -0.1) is 0 Å². The van der Waals surface area contributed by atoms with Gasteiger partial charge in [0.25, 0.3) is 5.78 Å². The highest BCUT2D eigenvalue weighted by atomic mass is 16.6. The summed E-state index contributed by atoms with van der Waals surface area (Å²) in [5.74, 6) is -1.71. The Balaban J connectivity index is 1.69. The Morgan fingerprint density at radius 1 is 0.412 bits per heavy atom. The van der Waals surface area contributed by atoms with Crippen LogP contribution < -0.4 is 0 Å². The van der Waals surface area contributed by atoms with Crippen LogP contribution in [0.15, 0.2) is 30.3 Å². The first-order valence-corrected chi connectivity index (χ1v) is 19.5. The third-order valence-corrected chi connectivity index (χ3v) is 8.02. The van der Waals surface area contributed by atoms with Gasteiger partial charge >= 0.3 is 11.9 Å². The molecular formula is C40H68O11. The van der Waals surface area contributed by atoms with Crippen molar-refractivity contribution in [2.24, 2.45) is 0 Å². The number of unbranched alkanes of at least 4 members (excludes halogenated alkanes) is 14. The van der Waals surface area contributed by atoms with Crippen molar-refractivity contribution in [2.75, 3.05) is 92.5 Å². The molecule has 11 nitrogen and oxygen atoms in total. The summed E-state index contributed by atoms with van der Waals surface area (Å²) in [5.41, 5.74) is 0.296. The Kier molecular flexibility index (Phi) is 34.1. The first kappa shape index (κ1) is 46.6. The van der Waals surface area contributed by atoms with Crippen molar-refractivity contribution in [1.29, 1.82) is 0 Å². The van der Waals surface area contributed by atoms with E-state index in [1.807, 2.05) is 0 Å². The second kappa shape index (κ2) is 37.4. The van der Waals surface area contributed by atoms with Gasteiger partial charge in [-0.05, 0) is 6.42 Å². The molecule has 0 aliphatic rings. The lowest BCUT2D eigenvalue weighted by atomic mass is 10.0. The SMILES string of the molecule is CCCCCCCCCCCCCCCCCC(=O)OCCOCCOCCOCCOCCOCCOCCOC(=O)C(=O)c1ccccc1. The van der Waals surface area contributed by atoms with E-state index in [4.69, 9.17) is 37.9 Å². The molecule has 1 aromatic rings. The Bertz CT molecular complexity index is 928. The molecule has 294 valence electrons. The highest BCUT2D eigenvalue weighted by molar-refractivity contribution is 6.40. The van der Waals surface area contributed by atoms with Crippen molar-refractivity contribution in [3.05, 3.63) is 35.9 Å². The van der Waals surface area contributed by atoms with E-state index in [1.54, 1.807) is 30.3 Å². The van der Waals surface area contributed by atoms with Crippen LogP contribution >= 0.6 is 0 Å². The highest BCUT2D eigenvalue weighted by Crippen LogP contribution is 2.14. The van der Waals surface area contributed by atoms with Crippen molar-refractivity contribution >= 4 is 17.7 Å². The summed E-state index contributed by atoms with van der Waals surface area (Å²) >= 11 is 0. The van der Waals surface area contributed by atoms with E-state index >= 15 is 0 Å². The lowest BCUT2D eigenvalue weighted by molar-refractivity contribution is -0.145. The molecule has 0 heterocycles. The van der Waals surface area contributed by atoms with Crippen molar-refractivity contribution in [3.63, 3.8) is 0 Å². The van der Waals surface area contributed by atoms with Crippen molar-refractivity contribution < 1.29 is 52.3 Å². The van der Waals surface area contributed by atoms with Gasteiger partial charge < -0.3 is 37.9 Å². The molecule has 0 atom stereocenters. The van der Waals surface area contributed by atoms with Crippen molar-refractivity contribution in [1.82, 2.24) is 0 Å². The van der Waals surface area contributed by atoms with Gasteiger partial charge in [-0.3, -0.25) is 9.59 Å². The number of ketones is 1. The average Bonchev–Trinajstić information content (AvgIpc) is 3.15. The normalized spacial score (nSPS) is 11.2. The van der Waals surface area contributed by atoms with E-state index < -0.39 is 11.8 Å². The van der Waals surface area contributed by atoms with Gasteiger partial charge in [0.2, 0.25) is 0 Å². The van der Waals surface area contributed by atoms with Crippen LogP contribution in [0.1, 0.15) is 120 Å². The van der Waals surface area contributed by atoms with Crippen LogP contribution in [0, 0.1) is 0 Å². The molecule has 0 aliphatic heterocycles. The zero-order valence-electron chi connectivity index (χ0n) is 31.6. The van der Waals surface area contributed by atoms with Crippen molar-refractivity contribution in [3.8, 4) is 0 Å². The molecule has 0 N–H and O–H groups in total. The Hall–Kier alpha value is -2.41. The Labute approximate surface area is 307 Å². The molecule has 0 aliphatic carbocycles. The van der Waals surface area contributed by atoms with Gasteiger partial charge in [-0.2, -0.15) is 0 Å². The van der Waals surface area contributed by atoms with Crippen molar-refractivity contribution in [2.45, 2.75) is 110 Å². The maximum absolute atomic E-state index is 11.9. The third kappa shape index (κ3) is 32.0. The van der Waals surface area contributed by atoms with Crippen LogP contribution in [0.3, 0.4) is 0 Å². The fraction of sp³-hybridized carbons (Fsp3) is 0.775. The maximum Gasteiger partial charge on any atom is 0.379 e. The number of Topliss-reactive ketones (excluding diaryl/α,β-unsaturated/α-hetero) is 1. The zero-order chi connectivity index (χ0) is 36.7. The molecule has 0 aromatic heterocycles. The van der Waals surface area contributed by atoms with Crippen LogP contribution in [-0.4, -0.2) is 110 Å². The molecule has 11 heteroatoms. The van der Waals surface area contributed by atoms with Gasteiger partial charge in [0.1, 0.15) is 13.2 Å². The van der Waals surface area contributed by atoms with Crippen LogP contribution in [0.4, 0.5) is 0 Å². The van der Waals surface area contributed by atoms with Crippen LogP contribution in [0.2, 0.25) is 0 Å². The van der Waals surface area contributed by atoms with Crippen LogP contribution in [0.25, 0.3) is 0 Å². The second-order valence-corrected chi connectivity index (χ2v) is 12.4. The summed E-state index contributed by atoms with van der Waals surface area (Å²) in [7, 11) is 0. The molecule has 0 fully saturated rings. The molecule has 0 unspecified atom stereocenters. The number of benzene rings is 1. The molecule has 51 heavy (non-hydrogen) atoms. The lowest BCUT2D eigenvalue weighted by Crippen LogP contribution is -2.20. The number of carbonyl (C=O) groups is 3. The summed E-state index contributed by atoms with van der Waals surface area (Å²) in [4.78, 5) is 35.5. The lowest BCUT2D eigenvalue weighted by Gasteiger charge is -2.09. The van der Waals surface area contributed by atoms with Gasteiger partial charge in [0, 0.05) is 12.0 Å².